The Bertz CT molecular complexity index is 1200. The number of nitrogens with one attached hydrogen (secondary N) is 1. The zero-order valence-electron chi connectivity index (χ0n) is 14.8. The van der Waals surface area contributed by atoms with Crippen LogP contribution in [-0.4, -0.2) is 15.7 Å². The minimum atomic E-state index is -0.560. The zero-order valence-corrected chi connectivity index (χ0v) is 14.8. The van der Waals surface area contributed by atoms with Crippen molar-refractivity contribution in [3.8, 4) is 5.69 Å². The van der Waals surface area contributed by atoms with E-state index in [9.17, 15) is 14.0 Å². The molecule has 3 aromatic carbocycles. The fourth-order valence-electron chi connectivity index (χ4n) is 2.97. The number of amides is 1. The number of carbonyl (C=O) groups is 1. The Morgan fingerprint density at radius 2 is 1.61 bits per heavy atom. The summed E-state index contributed by atoms with van der Waals surface area (Å²) in [5.74, 6) is -0.939. The highest BCUT2D eigenvalue weighted by atomic mass is 19.1. The first-order valence-corrected chi connectivity index (χ1v) is 8.73. The average Bonchev–Trinajstić information content (AvgIpc) is 2.74. The van der Waals surface area contributed by atoms with Gasteiger partial charge in [0.15, 0.2) is 5.69 Å². The van der Waals surface area contributed by atoms with Crippen LogP contribution in [0.4, 0.5) is 4.39 Å². The van der Waals surface area contributed by atoms with Gasteiger partial charge < -0.3 is 5.32 Å². The molecule has 4 aromatic rings. The molecule has 0 aliphatic heterocycles. The van der Waals surface area contributed by atoms with Crippen LogP contribution in [0.1, 0.15) is 16.1 Å². The van der Waals surface area contributed by atoms with E-state index in [1.54, 1.807) is 36.4 Å². The van der Waals surface area contributed by atoms with Crippen molar-refractivity contribution in [2.75, 3.05) is 0 Å². The van der Waals surface area contributed by atoms with Gasteiger partial charge in [-0.3, -0.25) is 9.59 Å². The standard InChI is InChI=1S/C22H16FN3O2/c23-16-10-12-17(13-11-16)26-19-9-5-4-8-18(19)21(27)20(25-26)22(28)24-14-15-6-2-1-3-7-15/h1-13H,14H2,(H,24,28). The Kier molecular flexibility index (Phi) is 4.68. The lowest BCUT2D eigenvalue weighted by Crippen LogP contribution is -2.31. The topological polar surface area (TPSA) is 64.0 Å². The third-order valence-electron chi connectivity index (χ3n) is 4.37. The van der Waals surface area contributed by atoms with Crippen molar-refractivity contribution < 1.29 is 9.18 Å². The van der Waals surface area contributed by atoms with Crippen molar-refractivity contribution in [1.82, 2.24) is 15.1 Å². The lowest BCUT2D eigenvalue weighted by Gasteiger charge is -2.12. The number of hydrogen-bond acceptors (Lipinski definition) is 3. The first-order valence-electron chi connectivity index (χ1n) is 8.73. The van der Waals surface area contributed by atoms with Crippen molar-refractivity contribution in [2.45, 2.75) is 6.54 Å². The highest BCUT2D eigenvalue weighted by molar-refractivity contribution is 5.95. The van der Waals surface area contributed by atoms with E-state index in [1.807, 2.05) is 30.3 Å². The van der Waals surface area contributed by atoms with Gasteiger partial charge in [0, 0.05) is 6.54 Å². The second-order valence-electron chi connectivity index (χ2n) is 6.25. The Hall–Kier alpha value is -3.80. The van der Waals surface area contributed by atoms with Crippen LogP contribution in [0.3, 0.4) is 0 Å². The maximum atomic E-state index is 13.3. The summed E-state index contributed by atoms with van der Waals surface area (Å²) in [5.41, 5.74) is 1.35. The van der Waals surface area contributed by atoms with Crippen molar-refractivity contribution in [3.05, 3.63) is 106 Å². The van der Waals surface area contributed by atoms with Crippen LogP contribution >= 0.6 is 0 Å². The molecule has 1 N–H and O–H groups in total. The molecule has 0 fully saturated rings. The molecule has 0 atom stereocenters. The molecule has 5 nitrogen and oxygen atoms in total. The van der Waals surface area contributed by atoms with Crippen LogP contribution < -0.4 is 10.7 Å². The summed E-state index contributed by atoms with van der Waals surface area (Å²) in [4.78, 5) is 25.5. The molecule has 0 saturated heterocycles. The van der Waals surface area contributed by atoms with Gasteiger partial charge in [-0.15, -0.1) is 0 Å². The van der Waals surface area contributed by atoms with E-state index in [-0.39, 0.29) is 18.1 Å². The molecule has 28 heavy (non-hydrogen) atoms. The van der Waals surface area contributed by atoms with E-state index in [0.29, 0.717) is 16.6 Å². The van der Waals surface area contributed by atoms with Crippen LogP contribution in [0, 0.1) is 5.82 Å². The normalized spacial score (nSPS) is 10.8. The number of hydrogen-bond donors (Lipinski definition) is 1. The summed E-state index contributed by atoms with van der Waals surface area (Å²) in [5, 5.41) is 7.38. The van der Waals surface area contributed by atoms with Gasteiger partial charge in [-0.05, 0) is 42.0 Å². The van der Waals surface area contributed by atoms with Crippen molar-refractivity contribution in [3.63, 3.8) is 0 Å². The third kappa shape index (κ3) is 3.40. The molecule has 0 radical (unpaired) electrons. The Morgan fingerprint density at radius 1 is 0.929 bits per heavy atom. The Balaban J connectivity index is 1.78. The van der Waals surface area contributed by atoms with Gasteiger partial charge in [-0.1, -0.05) is 42.5 Å². The molecule has 1 heterocycles. The number of halogens is 1. The number of para-hydroxylation sites is 1. The fourth-order valence-corrected chi connectivity index (χ4v) is 2.97. The highest BCUT2D eigenvalue weighted by Gasteiger charge is 2.18. The lowest BCUT2D eigenvalue weighted by atomic mass is 10.1. The van der Waals surface area contributed by atoms with Gasteiger partial charge in [-0.25, -0.2) is 9.07 Å². The molecule has 0 unspecified atom stereocenters. The van der Waals surface area contributed by atoms with Crippen LogP contribution in [0.25, 0.3) is 16.6 Å². The zero-order chi connectivity index (χ0) is 19.5. The van der Waals surface area contributed by atoms with E-state index in [1.165, 1.54) is 16.8 Å². The monoisotopic (exact) mass is 373 g/mol. The summed E-state index contributed by atoms with van der Waals surface area (Å²) in [6.45, 7) is 0.282. The largest absolute Gasteiger partial charge is 0.346 e. The van der Waals surface area contributed by atoms with Crippen molar-refractivity contribution in [1.29, 1.82) is 0 Å². The van der Waals surface area contributed by atoms with E-state index >= 15 is 0 Å². The Morgan fingerprint density at radius 3 is 2.36 bits per heavy atom. The molecule has 0 aliphatic carbocycles. The van der Waals surface area contributed by atoms with Crippen molar-refractivity contribution >= 4 is 16.8 Å². The minimum Gasteiger partial charge on any atom is -0.346 e. The fraction of sp³-hybridized carbons (Fsp3) is 0.0455. The molecule has 138 valence electrons. The van der Waals surface area contributed by atoms with Gasteiger partial charge in [0.05, 0.1) is 16.6 Å². The molecular weight excluding hydrogens is 357 g/mol. The molecule has 0 spiro atoms. The second kappa shape index (κ2) is 7.44. The second-order valence-corrected chi connectivity index (χ2v) is 6.25. The average molecular weight is 373 g/mol. The Labute approximate surface area is 160 Å². The molecule has 0 bridgehead atoms. The number of aromatic nitrogens is 2. The number of nitrogens with zero attached hydrogens (tertiary/aromatic N) is 2. The van der Waals surface area contributed by atoms with Gasteiger partial charge in [0.25, 0.3) is 5.91 Å². The number of carbonyl (C=O) groups excluding carboxylic acids is 1. The summed E-state index contributed by atoms with van der Waals surface area (Å²) in [6.07, 6.45) is 0. The molecule has 1 amide bonds. The van der Waals surface area contributed by atoms with Gasteiger partial charge in [0.1, 0.15) is 5.82 Å². The first kappa shape index (κ1) is 17.6. The molecule has 0 saturated carbocycles. The van der Waals surface area contributed by atoms with Gasteiger partial charge in [-0.2, -0.15) is 5.10 Å². The molecule has 6 heteroatoms. The molecule has 0 aliphatic rings. The molecular formula is C22H16FN3O2. The maximum absolute atomic E-state index is 13.3. The van der Waals surface area contributed by atoms with Gasteiger partial charge >= 0.3 is 0 Å². The molecule has 4 rings (SSSR count). The summed E-state index contributed by atoms with van der Waals surface area (Å²) < 4.78 is 14.8. The lowest BCUT2D eigenvalue weighted by molar-refractivity contribution is 0.0943. The highest BCUT2D eigenvalue weighted by Crippen LogP contribution is 2.16. The van der Waals surface area contributed by atoms with Crippen LogP contribution in [0.2, 0.25) is 0 Å². The maximum Gasteiger partial charge on any atom is 0.276 e. The first-order chi connectivity index (χ1) is 13.6. The van der Waals surface area contributed by atoms with E-state index in [2.05, 4.69) is 10.4 Å². The summed E-state index contributed by atoms with van der Waals surface area (Å²) >= 11 is 0. The SMILES string of the molecule is O=C(NCc1ccccc1)c1nn(-c2ccc(F)cc2)c2ccccc2c1=O. The predicted octanol–water partition coefficient (Wildman–Crippen LogP) is 3.45. The summed E-state index contributed by atoms with van der Waals surface area (Å²) in [6, 6.07) is 22.0. The number of fused-ring (bicyclic) bond motifs is 1. The van der Waals surface area contributed by atoms with Crippen molar-refractivity contribution in [2.24, 2.45) is 0 Å². The minimum absolute atomic E-state index is 0.209. The molecule has 1 aromatic heterocycles. The number of rotatable bonds is 4. The third-order valence-corrected chi connectivity index (χ3v) is 4.37. The summed E-state index contributed by atoms with van der Waals surface area (Å²) in [7, 11) is 0. The van der Waals surface area contributed by atoms with Crippen LogP contribution in [0.15, 0.2) is 83.7 Å². The van der Waals surface area contributed by atoms with E-state index in [0.717, 1.165) is 5.56 Å². The quantitative estimate of drug-likeness (QED) is 0.596. The predicted molar refractivity (Wildman–Crippen MR) is 105 cm³/mol. The van der Waals surface area contributed by atoms with Crippen LogP contribution in [0.5, 0.6) is 0 Å². The smallest absolute Gasteiger partial charge is 0.276 e. The van der Waals surface area contributed by atoms with Crippen LogP contribution in [-0.2, 0) is 6.54 Å². The van der Waals surface area contributed by atoms with Gasteiger partial charge in [0.2, 0.25) is 5.43 Å². The van der Waals surface area contributed by atoms with E-state index < -0.39 is 11.3 Å². The number of benzene rings is 3. The van der Waals surface area contributed by atoms with E-state index in [4.69, 9.17) is 0 Å².